The van der Waals surface area contributed by atoms with E-state index in [0.29, 0.717) is 5.69 Å². The van der Waals surface area contributed by atoms with Crippen molar-refractivity contribution < 1.29 is 4.92 Å². The molecule has 1 aliphatic carbocycles. The number of benzene rings is 3. The Balaban J connectivity index is 1.69. The summed E-state index contributed by atoms with van der Waals surface area (Å²) in [7, 11) is 0. The number of nitro benzene ring substituents is 1. The number of nitrogens with one attached hydrogen (secondary N) is 1. The van der Waals surface area contributed by atoms with Gasteiger partial charge in [0.1, 0.15) is 5.69 Å². The van der Waals surface area contributed by atoms with Crippen molar-refractivity contribution in [1.82, 2.24) is 0 Å². The SMILES string of the molecule is O=[N+]([O-])c1c[c]ccc1Nc1ccc2c(c1)Cc1ccccc1-2. The number of hydrogen-bond donors (Lipinski definition) is 1. The van der Waals surface area contributed by atoms with Crippen LogP contribution in [-0.4, -0.2) is 4.92 Å². The van der Waals surface area contributed by atoms with E-state index in [9.17, 15) is 10.1 Å². The third kappa shape index (κ3) is 2.34. The van der Waals surface area contributed by atoms with Crippen molar-refractivity contribution in [2.24, 2.45) is 0 Å². The summed E-state index contributed by atoms with van der Waals surface area (Å²) in [4.78, 5) is 10.7. The van der Waals surface area contributed by atoms with Gasteiger partial charge in [0, 0.05) is 11.8 Å². The standard InChI is InChI=1S/C19H13N2O2/c22-21(23)19-8-4-3-7-18(19)20-15-9-10-17-14(12-15)11-13-5-1-2-6-16(13)17/h1-3,5-10,12,20H,11H2. The molecule has 0 aliphatic heterocycles. The average molecular weight is 301 g/mol. The van der Waals surface area contributed by atoms with Gasteiger partial charge in [0.25, 0.3) is 5.69 Å². The maximum Gasteiger partial charge on any atom is 0.293 e. The van der Waals surface area contributed by atoms with Crippen molar-refractivity contribution >= 4 is 17.1 Å². The zero-order chi connectivity index (χ0) is 15.8. The molecule has 3 aromatic rings. The van der Waals surface area contributed by atoms with Crippen LogP contribution >= 0.6 is 0 Å². The first-order valence-corrected chi connectivity index (χ1v) is 7.35. The van der Waals surface area contributed by atoms with Crippen LogP contribution in [0.5, 0.6) is 0 Å². The summed E-state index contributed by atoms with van der Waals surface area (Å²) in [6.07, 6.45) is 0.895. The molecule has 0 heterocycles. The second-order valence-corrected chi connectivity index (χ2v) is 5.53. The summed E-state index contributed by atoms with van der Waals surface area (Å²) in [6.45, 7) is 0. The first-order chi connectivity index (χ1) is 11.2. The molecule has 0 spiro atoms. The highest BCUT2D eigenvalue weighted by Gasteiger charge is 2.18. The van der Waals surface area contributed by atoms with Gasteiger partial charge in [0.15, 0.2) is 0 Å². The van der Waals surface area contributed by atoms with Crippen molar-refractivity contribution in [2.45, 2.75) is 6.42 Å². The summed E-state index contributed by atoms with van der Waals surface area (Å²) in [5.74, 6) is 0. The summed E-state index contributed by atoms with van der Waals surface area (Å²) in [6, 6.07) is 21.9. The number of fused-ring (bicyclic) bond motifs is 3. The van der Waals surface area contributed by atoms with Gasteiger partial charge >= 0.3 is 0 Å². The molecule has 0 amide bonds. The normalized spacial score (nSPS) is 11.7. The Hall–Kier alpha value is -3.14. The highest BCUT2D eigenvalue weighted by atomic mass is 16.6. The minimum Gasteiger partial charge on any atom is -0.350 e. The molecule has 111 valence electrons. The number of anilines is 2. The predicted octanol–water partition coefficient (Wildman–Crippen LogP) is 4.71. The molecule has 0 unspecified atom stereocenters. The Bertz CT molecular complexity index is 919. The molecule has 1 radical (unpaired) electrons. The monoisotopic (exact) mass is 301 g/mol. The van der Waals surface area contributed by atoms with E-state index in [1.165, 1.54) is 28.3 Å². The van der Waals surface area contributed by atoms with Crippen molar-refractivity contribution in [3.05, 3.63) is 88.0 Å². The number of rotatable bonds is 3. The molecule has 0 bridgehead atoms. The van der Waals surface area contributed by atoms with Gasteiger partial charge in [-0.05, 0) is 52.9 Å². The molecule has 0 saturated heterocycles. The van der Waals surface area contributed by atoms with Crippen LogP contribution in [0.3, 0.4) is 0 Å². The highest BCUT2D eigenvalue weighted by Crippen LogP contribution is 2.38. The lowest BCUT2D eigenvalue weighted by Gasteiger charge is -2.09. The lowest BCUT2D eigenvalue weighted by molar-refractivity contribution is -0.383. The minimum absolute atomic E-state index is 0.0243. The molecule has 1 aliphatic rings. The van der Waals surface area contributed by atoms with E-state index >= 15 is 0 Å². The first kappa shape index (κ1) is 13.5. The van der Waals surface area contributed by atoms with Crippen LogP contribution in [0.15, 0.2) is 60.7 Å². The van der Waals surface area contributed by atoms with Crippen LogP contribution < -0.4 is 5.32 Å². The molecular weight excluding hydrogens is 288 g/mol. The molecule has 0 saturated carbocycles. The minimum atomic E-state index is -0.401. The van der Waals surface area contributed by atoms with Crippen LogP contribution in [0, 0.1) is 16.2 Å². The largest absolute Gasteiger partial charge is 0.350 e. The molecule has 0 atom stereocenters. The third-order valence-electron chi connectivity index (χ3n) is 4.11. The van der Waals surface area contributed by atoms with Gasteiger partial charge in [-0.2, -0.15) is 0 Å². The topological polar surface area (TPSA) is 55.2 Å². The predicted molar refractivity (Wildman–Crippen MR) is 89.9 cm³/mol. The van der Waals surface area contributed by atoms with Gasteiger partial charge in [-0.1, -0.05) is 36.4 Å². The molecule has 0 aromatic heterocycles. The van der Waals surface area contributed by atoms with Gasteiger partial charge in [-0.15, -0.1) is 0 Å². The maximum atomic E-state index is 11.1. The van der Waals surface area contributed by atoms with E-state index in [-0.39, 0.29) is 5.69 Å². The number of nitrogens with zero attached hydrogens (tertiary/aromatic N) is 1. The lowest BCUT2D eigenvalue weighted by Crippen LogP contribution is -1.97. The molecular formula is C19H13N2O2. The first-order valence-electron chi connectivity index (χ1n) is 7.35. The number of nitro groups is 1. The zero-order valence-electron chi connectivity index (χ0n) is 12.2. The summed E-state index contributed by atoms with van der Waals surface area (Å²) in [5.41, 5.74) is 6.42. The van der Waals surface area contributed by atoms with Crippen molar-refractivity contribution in [3.63, 3.8) is 0 Å². The van der Waals surface area contributed by atoms with Crippen LogP contribution in [0.2, 0.25) is 0 Å². The Morgan fingerprint density at radius 2 is 1.87 bits per heavy atom. The van der Waals surface area contributed by atoms with E-state index < -0.39 is 4.92 Å². The Morgan fingerprint density at radius 3 is 2.74 bits per heavy atom. The molecule has 3 aromatic carbocycles. The van der Waals surface area contributed by atoms with Gasteiger partial charge in [-0.3, -0.25) is 10.1 Å². The number of hydrogen-bond acceptors (Lipinski definition) is 3. The van der Waals surface area contributed by atoms with Gasteiger partial charge in [0.2, 0.25) is 0 Å². The van der Waals surface area contributed by atoms with E-state index in [1.54, 1.807) is 12.1 Å². The molecule has 4 heteroatoms. The van der Waals surface area contributed by atoms with Gasteiger partial charge in [0.05, 0.1) is 4.92 Å². The molecule has 0 fully saturated rings. The van der Waals surface area contributed by atoms with Gasteiger partial charge < -0.3 is 5.32 Å². The van der Waals surface area contributed by atoms with E-state index in [0.717, 1.165) is 12.1 Å². The van der Waals surface area contributed by atoms with Crippen LogP contribution in [0.25, 0.3) is 11.1 Å². The quantitative estimate of drug-likeness (QED) is 0.440. The summed E-state index contributed by atoms with van der Waals surface area (Å²) in [5, 5.41) is 14.2. The molecule has 1 N–H and O–H groups in total. The van der Waals surface area contributed by atoms with Crippen LogP contribution in [-0.2, 0) is 6.42 Å². The second-order valence-electron chi connectivity index (χ2n) is 5.53. The Kier molecular flexibility index (Phi) is 3.08. The second kappa shape index (κ2) is 5.25. The fraction of sp³-hybridized carbons (Fsp3) is 0.0526. The van der Waals surface area contributed by atoms with Crippen LogP contribution in [0.4, 0.5) is 17.1 Å². The molecule has 23 heavy (non-hydrogen) atoms. The summed E-state index contributed by atoms with van der Waals surface area (Å²) >= 11 is 0. The van der Waals surface area contributed by atoms with Crippen LogP contribution in [0.1, 0.15) is 11.1 Å². The van der Waals surface area contributed by atoms with E-state index in [2.05, 4.69) is 35.6 Å². The van der Waals surface area contributed by atoms with Gasteiger partial charge in [-0.25, -0.2) is 0 Å². The fourth-order valence-corrected chi connectivity index (χ4v) is 3.06. The third-order valence-corrected chi connectivity index (χ3v) is 4.11. The maximum absolute atomic E-state index is 11.1. The van der Waals surface area contributed by atoms with E-state index in [1.807, 2.05) is 18.2 Å². The van der Waals surface area contributed by atoms with E-state index in [4.69, 9.17) is 0 Å². The fourth-order valence-electron chi connectivity index (χ4n) is 3.06. The molecule has 4 rings (SSSR count). The highest BCUT2D eigenvalue weighted by molar-refractivity contribution is 5.80. The Labute approximate surface area is 133 Å². The van der Waals surface area contributed by atoms with Crippen molar-refractivity contribution in [3.8, 4) is 11.1 Å². The lowest BCUT2D eigenvalue weighted by atomic mass is 10.1. The summed E-state index contributed by atoms with van der Waals surface area (Å²) < 4.78 is 0. The average Bonchev–Trinajstić information content (AvgIpc) is 2.93. The van der Waals surface area contributed by atoms with Crippen molar-refractivity contribution in [2.75, 3.05) is 5.32 Å². The Morgan fingerprint density at radius 1 is 1.04 bits per heavy atom. The molecule has 4 nitrogen and oxygen atoms in total. The smallest absolute Gasteiger partial charge is 0.293 e. The van der Waals surface area contributed by atoms with Crippen molar-refractivity contribution in [1.29, 1.82) is 0 Å². The zero-order valence-corrected chi connectivity index (χ0v) is 12.2.